The van der Waals surface area contributed by atoms with Gasteiger partial charge in [0.2, 0.25) is 0 Å². The Hall–Kier alpha value is -1.37. The van der Waals surface area contributed by atoms with Crippen molar-refractivity contribution in [2.24, 2.45) is 0 Å². The van der Waals surface area contributed by atoms with Gasteiger partial charge in [-0.2, -0.15) is 0 Å². The molecule has 0 unspecified atom stereocenters. The van der Waals surface area contributed by atoms with Crippen molar-refractivity contribution in [2.45, 2.75) is 13.8 Å². The van der Waals surface area contributed by atoms with Gasteiger partial charge in [-0.25, -0.2) is 9.59 Å². The lowest BCUT2D eigenvalue weighted by atomic mass is 10.4. The van der Waals surface area contributed by atoms with E-state index in [4.69, 9.17) is 9.47 Å². The highest BCUT2D eigenvalue weighted by atomic mass is 35.5. The molecule has 0 fully saturated rings. The number of ether oxygens (including phenoxy) is 2. The van der Waals surface area contributed by atoms with Crippen molar-refractivity contribution in [3.05, 3.63) is 24.3 Å². The van der Waals surface area contributed by atoms with Crippen LogP contribution in [-0.2, 0) is 19.1 Å². The van der Waals surface area contributed by atoms with Crippen molar-refractivity contribution in [1.82, 2.24) is 4.90 Å². The molecule has 0 aromatic rings. The van der Waals surface area contributed by atoms with E-state index in [0.717, 1.165) is 17.6 Å². The summed E-state index contributed by atoms with van der Waals surface area (Å²) < 4.78 is 10.6. The van der Waals surface area contributed by atoms with Gasteiger partial charge in [0, 0.05) is 17.7 Å². The second-order valence-electron chi connectivity index (χ2n) is 6.65. The van der Waals surface area contributed by atoms with E-state index in [1.807, 2.05) is 19.0 Å². The molecule has 0 aliphatic carbocycles. The van der Waals surface area contributed by atoms with Crippen LogP contribution < -0.4 is 12.4 Å². The standard InChI is InChI=1S/C9H18NO2.C8H15NO2.ClH/c1-8(2)9(11)12-7-6-10(3,4)5;1-7(2)8(10)11-6-5-9(3)4;/h1,6-7H2,2-5H3;1,5-6H2,2-4H3;1H/q+1;;/p-1. The molecule has 142 valence electrons. The molecule has 0 saturated heterocycles. The Morgan fingerprint density at radius 3 is 1.58 bits per heavy atom. The van der Waals surface area contributed by atoms with Crippen molar-refractivity contribution in [3.63, 3.8) is 0 Å². The van der Waals surface area contributed by atoms with Gasteiger partial charge in [-0.3, -0.25) is 0 Å². The van der Waals surface area contributed by atoms with Crippen LogP contribution in [-0.4, -0.2) is 82.9 Å². The summed E-state index contributed by atoms with van der Waals surface area (Å²) in [5.74, 6) is -0.615. The first-order chi connectivity index (χ1) is 10.4. The van der Waals surface area contributed by atoms with Gasteiger partial charge < -0.3 is 31.3 Å². The van der Waals surface area contributed by atoms with Crippen LogP contribution in [0.3, 0.4) is 0 Å². The Morgan fingerprint density at radius 1 is 0.917 bits per heavy atom. The highest BCUT2D eigenvalue weighted by Crippen LogP contribution is 1.94. The third-order valence-electron chi connectivity index (χ3n) is 2.46. The molecule has 0 aliphatic rings. The van der Waals surface area contributed by atoms with Gasteiger partial charge in [0.15, 0.2) is 0 Å². The molecule has 0 aliphatic heterocycles. The smallest absolute Gasteiger partial charge is 0.333 e. The largest absolute Gasteiger partial charge is 1.00 e. The number of esters is 2. The number of nitrogens with zero attached hydrogens (tertiary/aromatic N) is 2. The summed E-state index contributed by atoms with van der Waals surface area (Å²) in [6, 6.07) is 0. The zero-order valence-electron chi connectivity index (χ0n) is 16.1. The van der Waals surface area contributed by atoms with E-state index in [-0.39, 0.29) is 24.3 Å². The lowest BCUT2D eigenvalue weighted by Gasteiger charge is -2.23. The molecule has 0 heterocycles. The van der Waals surface area contributed by atoms with Crippen LogP contribution in [0, 0.1) is 0 Å². The number of hydrogen-bond acceptors (Lipinski definition) is 5. The molecule has 0 spiro atoms. The summed E-state index contributed by atoms with van der Waals surface area (Å²) in [7, 11) is 10.0. The number of quaternary nitrogens is 1. The number of likely N-dealkylation sites (N-methyl/N-ethyl adjacent to an activating group) is 2. The minimum absolute atomic E-state index is 0. The summed E-state index contributed by atoms with van der Waals surface area (Å²) in [6.07, 6.45) is 0. The highest BCUT2D eigenvalue weighted by Gasteiger charge is 2.09. The molecular weight excluding hydrogens is 332 g/mol. The van der Waals surface area contributed by atoms with Crippen molar-refractivity contribution in [2.75, 3.05) is 61.5 Å². The average molecular weight is 365 g/mol. The first-order valence-electron chi connectivity index (χ1n) is 7.47. The molecule has 0 aromatic heterocycles. The maximum atomic E-state index is 10.9. The number of carbonyl (C=O) groups excluding carboxylic acids is 2. The fourth-order valence-electron chi connectivity index (χ4n) is 0.980. The van der Waals surface area contributed by atoms with E-state index in [1.54, 1.807) is 13.8 Å². The third-order valence-corrected chi connectivity index (χ3v) is 2.46. The molecule has 0 bridgehead atoms. The predicted octanol–water partition coefficient (Wildman–Crippen LogP) is -1.52. The summed E-state index contributed by atoms with van der Waals surface area (Å²) in [6.45, 7) is 12.7. The molecule has 0 amide bonds. The van der Waals surface area contributed by atoms with Crippen LogP contribution >= 0.6 is 0 Å². The van der Waals surface area contributed by atoms with Crippen LogP contribution in [0.5, 0.6) is 0 Å². The molecule has 6 nitrogen and oxygen atoms in total. The zero-order valence-corrected chi connectivity index (χ0v) is 16.9. The SMILES string of the molecule is C=C(C)C(=O)OCCN(C)C.C=C(C)C(=O)OCC[N+](C)(C)C.[Cl-]. The van der Waals surface area contributed by atoms with Crippen molar-refractivity contribution in [1.29, 1.82) is 0 Å². The molecule has 0 saturated carbocycles. The summed E-state index contributed by atoms with van der Waals surface area (Å²) >= 11 is 0. The molecule has 0 atom stereocenters. The summed E-state index contributed by atoms with van der Waals surface area (Å²) in [5, 5.41) is 0. The number of hydrogen-bond donors (Lipinski definition) is 0. The Morgan fingerprint density at radius 2 is 1.29 bits per heavy atom. The van der Waals surface area contributed by atoms with Crippen LogP contribution in [0.1, 0.15) is 13.8 Å². The fraction of sp³-hybridized carbons (Fsp3) is 0.647. The molecule has 0 aromatic carbocycles. The van der Waals surface area contributed by atoms with E-state index in [2.05, 4.69) is 34.3 Å². The minimum atomic E-state index is -0.313. The van der Waals surface area contributed by atoms with Crippen LogP contribution in [0.4, 0.5) is 0 Å². The molecule has 0 N–H and O–H groups in total. The van der Waals surface area contributed by atoms with Gasteiger partial charge in [-0.1, -0.05) is 13.2 Å². The van der Waals surface area contributed by atoms with Gasteiger partial charge >= 0.3 is 11.9 Å². The first-order valence-corrected chi connectivity index (χ1v) is 7.47. The normalized spacial score (nSPS) is 10.0. The minimum Gasteiger partial charge on any atom is -1.00 e. The number of carbonyl (C=O) groups is 2. The van der Waals surface area contributed by atoms with E-state index < -0.39 is 0 Å². The van der Waals surface area contributed by atoms with Crippen LogP contribution in [0.15, 0.2) is 24.3 Å². The van der Waals surface area contributed by atoms with E-state index in [1.165, 1.54) is 0 Å². The second kappa shape index (κ2) is 14.0. The Bertz CT molecular complexity index is 415. The van der Waals surface area contributed by atoms with Gasteiger partial charge in [0.1, 0.15) is 19.8 Å². The average Bonchev–Trinajstić information content (AvgIpc) is 2.36. The van der Waals surface area contributed by atoms with E-state index in [0.29, 0.717) is 24.4 Å². The fourth-order valence-corrected chi connectivity index (χ4v) is 0.980. The Balaban J connectivity index is -0.000000354. The monoisotopic (exact) mass is 364 g/mol. The van der Waals surface area contributed by atoms with Crippen molar-refractivity contribution >= 4 is 11.9 Å². The summed E-state index contributed by atoms with van der Waals surface area (Å²) in [5.41, 5.74) is 0.903. The van der Waals surface area contributed by atoms with Crippen molar-refractivity contribution < 1.29 is 36.0 Å². The molecule has 24 heavy (non-hydrogen) atoms. The third kappa shape index (κ3) is 20.6. The maximum Gasteiger partial charge on any atom is 0.333 e. The Kier molecular flexibility index (Phi) is 16.0. The summed E-state index contributed by atoms with van der Waals surface area (Å²) in [4.78, 5) is 23.6. The molecule has 0 rings (SSSR count). The lowest BCUT2D eigenvalue weighted by molar-refractivity contribution is -0.870. The highest BCUT2D eigenvalue weighted by molar-refractivity contribution is 5.87. The van der Waals surface area contributed by atoms with Crippen LogP contribution in [0.2, 0.25) is 0 Å². The van der Waals surface area contributed by atoms with Gasteiger partial charge in [-0.15, -0.1) is 0 Å². The van der Waals surface area contributed by atoms with Gasteiger partial charge in [-0.05, 0) is 27.9 Å². The van der Waals surface area contributed by atoms with E-state index >= 15 is 0 Å². The quantitative estimate of drug-likeness (QED) is 0.297. The topological polar surface area (TPSA) is 55.8 Å². The predicted molar refractivity (Wildman–Crippen MR) is 93.0 cm³/mol. The van der Waals surface area contributed by atoms with E-state index in [9.17, 15) is 9.59 Å². The molecule has 7 heteroatoms. The molecule has 0 radical (unpaired) electrons. The zero-order chi connectivity index (χ0) is 18.6. The van der Waals surface area contributed by atoms with Crippen molar-refractivity contribution in [3.8, 4) is 0 Å². The van der Waals surface area contributed by atoms with Crippen LogP contribution in [0.25, 0.3) is 0 Å². The van der Waals surface area contributed by atoms with Gasteiger partial charge in [0.05, 0.1) is 21.1 Å². The number of halogens is 1. The second-order valence-corrected chi connectivity index (χ2v) is 6.65. The Labute approximate surface area is 153 Å². The maximum absolute atomic E-state index is 10.9. The number of rotatable bonds is 8. The first kappa shape index (κ1) is 27.5. The lowest BCUT2D eigenvalue weighted by Crippen LogP contribution is -3.00. The molecular formula is C17H33ClN2O4. The van der Waals surface area contributed by atoms with Gasteiger partial charge in [0.25, 0.3) is 0 Å².